The molecule has 0 fully saturated rings. The van der Waals surface area contributed by atoms with Crippen LogP contribution >= 0.6 is 0 Å². The third-order valence-electron chi connectivity index (χ3n) is 6.06. The maximum atomic E-state index is 12.6. The van der Waals surface area contributed by atoms with E-state index in [0.29, 0.717) is 29.7 Å². The number of hydrogen-bond donors (Lipinski definition) is 1. The Morgan fingerprint density at radius 1 is 1.05 bits per heavy atom. The molecule has 37 heavy (non-hydrogen) atoms. The quantitative estimate of drug-likeness (QED) is 0.338. The Labute approximate surface area is 214 Å². The lowest BCUT2D eigenvalue weighted by Gasteiger charge is -2.13. The van der Waals surface area contributed by atoms with Gasteiger partial charge < -0.3 is 19.0 Å². The van der Waals surface area contributed by atoms with Crippen molar-refractivity contribution in [1.29, 1.82) is 5.26 Å². The van der Waals surface area contributed by atoms with Crippen molar-refractivity contribution < 1.29 is 18.7 Å². The molecular weight excluding hydrogens is 470 g/mol. The van der Waals surface area contributed by atoms with E-state index < -0.39 is 18.5 Å². The summed E-state index contributed by atoms with van der Waals surface area (Å²) in [6.45, 7) is 5.74. The molecule has 188 valence electrons. The maximum absolute atomic E-state index is 12.6. The normalized spacial score (nSPS) is 10.6. The molecular formula is C28H27N5O4. The third-order valence-corrected chi connectivity index (χ3v) is 6.06. The largest absolute Gasteiger partial charge is 0.456 e. The van der Waals surface area contributed by atoms with Crippen LogP contribution < -0.4 is 5.32 Å². The molecule has 0 atom stereocenters. The fourth-order valence-corrected chi connectivity index (χ4v) is 3.86. The molecule has 9 heteroatoms. The highest BCUT2D eigenvalue weighted by molar-refractivity contribution is 5.93. The average Bonchev–Trinajstić information content (AvgIpc) is 3.46. The molecule has 0 aliphatic heterocycles. The van der Waals surface area contributed by atoms with Crippen LogP contribution in [0.2, 0.25) is 0 Å². The second-order valence-electron chi connectivity index (χ2n) is 8.69. The summed E-state index contributed by atoms with van der Waals surface area (Å²) < 4.78 is 12.6. The Bertz CT molecular complexity index is 1450. The number of nitrogens with one attached hydrogen (secondary N) is 1. The van der Waals surface area contributed by atoms with Gasteiger partial charge in [-0.2, -0.15) is 5.26 Å². The minimum atomic E-state index is -0.572. The van der Waals surface area contributed by atoms with Crippen molar-refractivity contribution in [2.45, 2.75) is 40.2 Å². The van der Waals surface area contributed by atoms with Crippen molar-refractivity contribution in [2.75, 3.05) is 11.9 Å². The lowest BCUT2D eigenvalue weighted by atomic mass is 10.1. The number of carbonyl (C=O) groups is 2. The topological polar surface area (TPSA) is 123 Å². The first kappa shape index (κ1) is 25.4. The van der Waals surface area contributed by atoms with Crippen LogP contribution in [0.5, 0.6) is 0 Å². The minimum Gasteiger partial charge on any atom is -0.456 e. The van der Waals surface area contributed by atoms with Crippen molar-refractivity contribution in [2.24, 2.45) is 0 Å². The van der Waals surface area contributed by atoms with E-state index in [0.717, 1.165) is 27.9 Å². The van der Waals surface area contributed by atoms with Gasteiger partial charge in [-0.05, 0) is 44.0 Å². The number of aromatic nitrogens is 3. The molecule has 0 unspecified atom stereocenters. The SMILES string of the molecule is Cc1ccc(-c2nnc(CCC(=O)OCC(=O)Nc3c(C#N)c(C)c(C)n3Cc3ccccc3)o2)cc1. The van der Waals surface area contributed by atoms with Crippen LogP contribution in [0.4, 0.5) is 5.82 Å². The van der Waals surface area contributed by atoms with E-state index in [-0.39, 0.29) is 12.8 Å². The number of carbonyl (C=O) groups excluding carboxylic acids is 2. The number of aryl methyl sites for hydroxylation is 2. The number of anilines is 1. The van der Waals surface area contributed by atoms with Crippen LogP contribution in [0.15, 0.2) is 59.0 Å². The monoisotopic (exact) mass is 497 g/mol. The highest BCUT2D eigenvalue weighted by atomic mass is 16.5. The molecule has 0 aliphatic carbocycles. The van der Waals surface area contributed by atoms with E-state index in [4.69, 9.17) is 9.15 Å². The molecule has 0 spiro atoms. The number of nitriles is 1. The lowest BCUT2D eigenvalue weighted by Crippen LogP contribution is -2.23. The van der Waals surface area contributed by atoms with Crippen LogP contribution in [0.1, 0.15) is 40.3 Å². The lowest BCUT2D eigenvalue weighted by molar-refractivity contribution is -0.147. The number of amides is 1. The minimum absolute atomic E-state index is 0.0190. The fourth-order valence-electron chi connectivity index (χ4n) is 3.86. The predicted molar refractivity (Wildman–Crippen MR) is 137 cm³/mol. The Morgan fingerprint density at radius 2 is 1.78 bits per heavy atom. The van der Waals surface area contributed by atoms with Gasteiger partial charge in [0.25, 0.3) is 5.91 Å². The average molecular weight is 498 g/mol. The van der Waals surface area contributed by atoms with Crippen molar-refractivity contribution in [3.8, 4) is 17.5 Å². The molecule has 0 saturated carbocycles. The Balaban J connectivity index is 1.33. The van der Waals surface area contributed by atoms with Crippen LogP contribution in [0.3, 0.4) is 0 Å². The van der Waals surface area contributed by atoms with Gasteiger partial charge in [-0.1, -0.05) is 48.0 Å². The van der Waals surface area contributed by atoms with Crippen LogP contribution in [0, 0.1) is 32.1 Å². The zero-order valence-electron chi connectivity index (χ0n) is 20.9. The van der Waals surface area contributed by atoms with Gasteiger partial charge in [0.2, 0.25) is 11.8 Å². The summed E-state index contributed by atoms with van der Waals surface area (Å²) in [5.41, 5.74) is 4.98. The van der Waals surface area contributed by atoms with Crippen LogP contribution in [0.25, 0.3) is 11.5 Å². The highest BCUT2D eigenvalue weighted by Crippen LogP contribution is 2.27. The molecule has 0 radical (unpaired) electrons. The molecule has 2 aromatic heterocycles. The first-order valence-corrected chi connectivity index (χ1v) is 11.8. The van der Waals surface area contributed by atoms with E-state index in [2.05, 4.69) is 21.6 Å². The Morgan fingerprint density at radius 3 is 2.49 bits per heavy atom. The highest BCUT2D eigenvalue weighted by Gasteiger charge is 2.20. The zero-order chi connectivity index (χ0) is 26.4. The third kappa shape index (κ3) is 6.11. The molecule has 1 N–H and O–H groups in total. The Kier molecular flexibility index (Phi) is 7.79. The summed E-state index contributed by atoms with van der Waals surface area (Å²) in [5, 5.41) is 20.4. The van der Waals surface area contributed by atoms with Gasteiger partial charge in [0, 0.05) is 24.2 Å². The van der Waals surface area contributed by atoms with Gasteiger partial charge in [0.1, 0.15) is 11.9 Å². The van der Waals surface area contributed by atoms with Gasteiger partial charge in [0.15, 0.2) is 6.61 Å². The number of nitrogens with zero attached hydrogens (tertiary/aromatic N) is 4. The number of benzene rings is 2. The van der Waals surface area contributed by atoms with E-state index >= 15 is 0 Å². The number of ether oxygens (including phenoxy) is 1. The van der Waals surface area contributed by atoms with Crippen molar-refractivity contribution >= 4 is 17.7 Å². The molecule has 0 saturated heterocycles. The van der Waals surface area contributed by atoms with E-state index in [1.165, 1.54) is 0 Å². The molecule has 0 aliphatic rings. The van der Waals surface area contributed by atoms with Gasteiger partial charge in [-0.15, -0.1) is 10.2 Å². The summed E-state index contributed by atoms with van der Waals surface area (Å²) in [7, 11) is 0. The standard InChI is InChI=1S/C28H27N5O4/c1-18-9-11-22(12-10-18)28-32-31-25(37-28)13-14-26(35)36-17-24(34)30-27-23(15-29)19(2)20(3)33(27)16-21-7-5-4-6-8-21/h4-12H,13-14,16-17H2,1-3H3,(H,30,34). The summed E-state index contributed by atoms with van der Waals surface area (Å²) in [4.78, 5) is 24.8. The van der Waals surface area contributed by atoms with Crippen molar-refractivity contribution in [1.82, 2.24) is 14.8 Å². The summed E-state index contributed by atoms with van der Waals surface area (Å²) in [6, 6.07) is 19.6. The second-order valence-corrected chi connectivity index (χ2v) is 8.69. The first-order valence-electron chi connectivity index (χ1n) is 11.8. The summed E-state index contributed by atoms with van der Waals surface area (Å²) >= 11 is 0. The van der Waals surface area contributed by atoms with Gasteiger partial charge in [0.05, 0.1) is 12.0 Å². The molecule has 2 aromatic carbocycles. The number of hydrogen-bond acceptors (Lipinski definition) is 7. The van der Waals surface area contributed by atoms with Gasteiger partial charge in [-0.25, -0.2) is 0 Å². The molecule has 4 aromatic rings. The summed E-state index contributed by atoms with van der Waals surface area (Å²) in [6.07, 6.45) is 0.172. The van der Waals surface area contributed by atoms with E-state index in [1.807, 2.05) is 79.9 Å². The molecule has 1 amide bonds. The van der Waals surface area contributed by atoms with Crippen LogP contribution in [-0.2, 0) is 27.3 Å². The number of rotatable bonds is 9. The van der Waals surface area contributed by atoms with E-state index in [1.54, 1.807) is 0 Å². The zero-order valence-corrected chi connectivity index (χ0v) is 20.9. The molecule has 4 rings (SSSR count). The smallest absolute Gasteiger partial charge is 0.306 e. The molecule has 9 nitrogen and oxygen atoms in total. The maximum Gasteiger partial charge on any atom is 0.306 e. The van der Waals surface area contributed by atoms with Crippen molar-refractivity contribution in [3.63, 3.8) is 0 Å². The predicted octanol–water partition coefficient (Wildman–Crippen LogP) is 4.50. The second kappa shape index (κ2) is 11.4. The molecule has 0 bridgehead atoms. The number of esters is 1. The summed E-state index contributed by atoms with van der Waals surface area (Å²) in [5.74, 6) is -0.0359. The van der Waals surface area contributed by atoms with Gasteiger partial charge in [-0.3, -0.25) is 9.59 Å². The Hall–Kier alpha value is -4.71. The molecule has 2 heterocycles. The van der Waals surface area contributed by atoms with Gasteiger partial charge >= 0.3 is 5.97 Å². The van der Waals surface area contributed by atoms with Crippen LogP contribution in [-0.4, -0.2) is 33.2 Å². The van der Waals surface area contributed by atoms with Crippen molar-refractivity contribution in [3.05, 3.63) is 88.4 Å². The van der Waals surface area contributed by atoms with E-state index in [9.17, 15) is 14.9 Å². The fraction of sp³-hybridized carbons (Fsp3) is 0.250. The first-order chi connectivity index (χ1) is 17.9.